The Morgan fingerprint density at radius 2 is 1.84 bits per heavy atom. The molecule has 0 saturated carbocycles. The quantitative estimate of drug-likeness (QED) is 0.437. The van der Waals surface area contributed by atoms with Crippen molar-refractivity contribution in [3.63, 3.8) is 0 Å². The Bertz CT molecular complexity index is 1140. The first-order valence-corrected chi connectivity index (χ1v) is 13.1. The number of aromatic hydroxyl groups is 1. The molecule has 2 heterocycles. The van der Waals surface area contributed by atoms with Gasteiger partial charge in [0.2, 0.25) is 0 Å². The molecular weight excluding hydrogens is 420 g/mol. The molecule has 0 radical (unpaired) electrons. The number of allylic oxidation sites excluding steroid dienone is 1. The minimum Gasteiger partial charge on any atom is -0.507 e. The van der Waals surface area contributed by atoms with Crippen LogP contribution in [0.1, 0.15) is 54.9 Å². The second-order valence-corrected chi connectivity index (χ2v) is 11.2. The second-order valence-electron chi connectivity index (χ2n) is 9.00. The molecule has 32 heavy (non-hydrogen) atoms. The van der Waals surface area contributed by atoms with Crippen molar-refractivity contribution in [2.24, 2.45) is 0 Å². The van der Waals surface area contributed by atoms with Gasteiger partial charge in [-0.05, 0) is 78.6 Å². The van der Waals surface area contributed by atoms with Gasteiger partial charge < -0.3 is 9.84 Å². The number of sulfone groups is 1. The van der Waals surface area contributed by atoms with Crippen LogP contribution in [0.25, 0.3) is 11.6 Å². The molecule has 2 atom stereocenters. The van der Waals surface area contributed by atoms with Gasteiger partial charge in [0.25, 0.3) is 0 Å². The van der Waals surface area contributed by atoms with Crippen LogP contribution in [0.15, 0.2) is 53.6 Å². The predicted octanol–water partition coefficient (Wildman–Crippen LogP) is 5.62. The maximum atomic E-state index is 12.6. The van der Waals surface area contributed by atoms with Gasteiger partial charge in [-0.15, -0.1) is 0 Å². The summed E-state index contributed by atoms with van der Waals surface area (Å²) in [5, 5.41) is 9.69. The highest BCUT2D eigenvalue weighted by atomic mass is 32.2. The normalized spacial score (nSPS) is 22.4. The van der Waals surface area contributed by atoms with Crippen LogP contribution in [0.5, 0.6) is 5.75 Å². The molecule has 1 N–H and O–H groups in total. The Balaban J connectivity index is 1.63. The molecule has 2 aliphatic heterocycles. The largest absolute Gasteiger partial charge is 0.507 e. The summed E-state index contributed by atoms with van der Waals surface area (Å²) >= 11 is 0. The standard InChI is InChI=1S/C27H32O4S/c1-4-8-23-17-32(29,30)25-16-31-24(26(23)25)12-11-22(21-9-6-5-7-10-21)15-20-13-18(2)27(28)19(3)14-20/h5-7,9-10,13-15,24-25,28H,4,8,11-12,16-17H2,1-3H3/b22-15-/t24-,25+/m1/s1. The van der Waals surface area contributed by atoms with E-state index in [4.69, 9.17) is 4.74 Å². The molecule has 1 fully saturated rings. The smallest absolute Gasteiger partial charge is 0.163 e. The van der Waals surface area contributed by atoms with Crippen LogP contribution >= 0.6 is 0 Å². The topological polar surface area (TPSA) is 63.6 Å². The minimum absolute atomic E-state index is 0.130. The van der Waals surface area contributed by atoms with Gasteiger partial charge in [-0.25, -0.2) is 8.42 Å². The maximum absolute atomic E-state index is 12.6. The molecular formula is C27H32O4S. The molecule has 2 aromatic rings. The molecule has 0 spiro atoms. The Kier molecular flexibility index (Phi) is 6.59. The first-order valence-electron chi connectivity index (χ1n) is 11.4. The summed E-state index contributed by atoms with van der Waals surface area (Å²) in [5.74, 6) is 0.542. The van der Waals surface area contributed by atoms with Crippen molar-refractivity contribution >= 4 is 21.5 Å². The first kappa shape index (κ1) is 22.8. The molecule has 4 nitrogen and oxygen atoms in total. The Morgan fingerprint density at radius 1 is 1.16 bits per heavy atom. The van der Waals surface area contributed by atoms with Crippen LogP contribution in [0.2, 0.25) is 0 Å². The van der Waals surface area contributed by atoms with Crippen molar-refractivity contribution in [3.8, 4) is 5.75 Å². The lowest BCUT2D eigenvalue weighted by Gasteiger charge is -2.16. The summed E-state index contributed by atoms with van der Waals surface area (Å²) < 4.78 is 31.3. The molecule has 0 amide bonds. The summed E-state index contributed by atoms with van der Waals surface area (Å²) in [5.41, 5.74) is 7.21. The predicted molar refractivity (Wildman–Crippen MR) is 130 cm³/mol. The highest BCUT2D eigenvalue weighted by molar-refractivity contribution is 7.92. The zero-order valence-electron chi connectivity index (χ0n) is 19.1. The third-order valence-corrected chi connectivity index (χ3v) is 8.59. The number of aryl methyl sites for hydroxylation is 2. The van der Waals surface area contributed by atoms with Crippen molar-refractivity contribution in [2.75, 3.05) is 12.4 Å². The zero-order valence-corrected chi connectivity index (χ0v) is 19.9. The van der Waals surface area contributed by atoms with Crippen molar-refractivity contribution < 1.29 is 18.3 Å². The van der Waals surface area contributed by atoms with Gasteiger partial charge in [0.05, 0.1) is 18.5 Å². The van der Waals surface area contributed by atoms with Gasteiger partial charge in [-0.2, -0.15) is 0 Å². The van der Waals surface area contributed by atoms with E-state index in [1.807, 2.05) is 44.2 Å². The highest BCUT2D eigenvalue weighted by Crippen LogP contribution is 2.40. The van der Waals surface area contributed by atoms with Crippen LogP contribution in [0, 0.1) is 13.8 Å². The van der Waals surface area contributed by atoms with E-state index < -0.39 is 15.1 Å². The van der Waals surface area contributed by atoms with E-state index in [0.29, 0.717) is 5.75 Å². The number of benzene rings is 2. The Morgan fingerprint density at radius 3 is 2.50 bits per heavy atom. The van der Waals surface area contributed by atoms with Gasteiger partial charge in [-0.1, -0.05) is 55.3 Å². The fourth-order valence-electron chi connectivity index (χ4n) is 5.04. The van der Waals surface area contributed by atoms with Crippen LogP contribution in [0.4, 0.5) is 0 Å². The molecule has 2 aromatic carbocycles. The molecule has 170 valence electrons. The van der Waals surface area contributed by atoms with Crippen LogP contribution in [-0.2, 0) is 14.6 Å². The van der Waals surface area contributed by atoms with E-state index in [1.165, 1.54) is 5.57 Å². The fraction of sp³-hybridized carbons (Fsp3) is 0.407. The van der Waals surface area contributed by atoms with Gasteiger partial charge in [0, 0.05) is 0 Å². The van der Waals surface area contributed by atoms with Crippen molar-refractivity contribution in [3.05, 3.63) is 75.9 Å². The summed E-state index contributed by atoms with van der Waals surface area (Å²) in [6.45, 7) is 6.21. The molecule has 0 unspecified atom stereocenters. The number of fused-ring (bicyclic) bond motifs is 1. The average Bonchev–Trinajstić information content (AvgIpc) is 3.30. The fourth-order valence-corrected chi connectivity index (χ4v) is 7.03. The Hall–Kier alpha value is -2.37. The number of hydrogen-bond acceptors (Lipinski definition) is 4. The van der Waals surface area contributed by atoms with Crippen molar-refractivity contribution in [2.45, 2.75) is 57.8 Å². The molecule has 0 aromatic heterocycles. The monoisotopic (exact) mass is 452 g/mol. The van der Waals surface area contributed by atoms with Gasteiger partial charge in [0.15, 0.2) is 9.84 Å². The number of phenols is 1. The Labute approximate surface area is 191 Å². The third-order valence-electron chi connectivity index (χ3n) is 6.59. The van der Waals surface area contributed by atoms with E-state index in [2.05, 4.69) is 25.1 Å². The maximum Gasteiger partial charge on any atom is 0.163 e. The second kappa shape index (κ2) is 9.24. The molecule has 5 heteroatoms. The number of rotatable bonds is 7. The highest BCUT2D eigenvalue weighted by Gasteiger charge is 2.46. The van der Waals surface area contributed by atoms with E-state index >= 15 is 0 Å². The molecule has 1 saturated heterocycles. The van der Waals surface area contributed by atoms with E-state index in [9.17, 15) is 13.5 Å². The number of phenolic OH excluding ortho intramolecular Hbond substituents is 1. The molecule has 2 aliphatic rings. The molecule has 4 rings (SSSR count). The SMILES string of the molecule is CCCC1=C2[C@@H](CC/C(=C/c3cc(C)c(O)c(C)c3)c3ccccc3)OC[C@@H]2S(=O)(=O)C1. The number of ether oxygens (including phenoxy) is 1. The summed E-state index contributed by atoms with van der Waals surface area (Å²) in [6, 6.07) is 14.3. The molecule has 0 bridgehead atoms. The van der Waals surface area contributed by atoms with Crippen LogP contribution in [0.3, 0.4) is 0 Å². The lowest BCUT2D eigenvalue weighted by molar-refractivity contribution is 0.118. The summed E-state index contributed by atoms with van der Waals surface area (Å²) in [7, 11) is -3.12. The lowest BCUT2D eigenvalue weighted by atomic mass is 9.92. The lowest BCUT2D eigenvalue weighted by Crippen LogP contribution is -2.19. The van der Waals surface area contributed by atoms with Crippen LogP contribution in [-0.4, -0.2) is 37.2 Å². The van der Waals surface area contributed by atoms with Gasteiger partial charge in [-0.3, -0.25) is 0 Å². The summed E-state index contributed by atoms with van der Waals surface area (Å²) in [6.07, 6.45) is 5.36. The van der Waals surface area contributed by atoms with Gasteiger partial charge in [0.1, 0.15) is 11.0 Å². The van der Waals surface area contributed by atoms with E-state index in [-0.39, 0.29) is 18.5 Å². The van der Waals surface area contributed by atoms with Gasteiger partial charge >= 0.3 is 0 Å². The van der Waals surface area contributed by atoms with E-state index in [0.717, 1.165) is 59.1 Å². The van der Waals surface area contributed by atoms with E-state index in [1.54, 1.807) is 0 Å². The number of hydrogen-bond donors (Lipinski definition) is 1. The van der Waals surface area contributed by atoms with Crippen molar-refractivity contribution in [1.29, 1.82) is 0 Å². The van der Waals surface area contributed by atoms with Crippen molar-refractivity contribution in [1.82, 2.24) is 0 Å². The average molecular weight is 453 g/mol. The minimum atomic E-state index is -3.12. The first-order chi connectivity index (χ1) is 15.3. The van der Waals surface area contributed by atoms with Crippen LogP contribution < -0.4 is 0 Å². The zero-order chi connectivity index (χ0) is 22.9. The molecule has 0 aliphatic carbocycles. The summed E-state index contributed by atoms with van der Waals surface area (Å²) in [4.78, 5) is 0. The third kappa shape index (κ3) is 4.55.